The molecule has 0 aliphatic carbocycles. The summed E-state index contributed by atoms with van der Waals surface area (Å²) < 4.78 is 7.89. The second kappa shape index (κ2) is 7.57. The maximum absolute atomic E-state index is 11.7. The number of rotatable bonds is 5. The van der Waals surface area contributed by atoms with Crippen molar-refractivity contribution in [3.8, 4) is 23.0 Å². The number of primary amides is 1. The Kier molecular flexibility index (Phi) is 4.61. The van der Waals surface area contributed by atoms with E-state index in [1.54, 1.807) is 30.7 Å². The maximum Gasteiger partial charge on any atom is 0.318 e. The molecule has 2 aromatic carbocycles. The highest BCUT2D eigenvalue weighted by atomic mass is 16.5. The molecule has 1 unspecified atom stereocenters. The molecule has 1 fully saturated rings. The van der Waals surface area contributed by atoms with Gasteiger partial charge in [-0.25, -0.2) is 9.97 Å². The molecule has 1 saturated heterocycles. The first kappa shape index (κ1) is 18.3. The fourth-order valence-electron chi connectivity index (χ4n) is 3.65. The number of hydrogen-bond acceptors (Lipinski definition) is 6. The molecule has 4 aromatic rings. The van der Waals surface area contributed by atoms with Crippen molar-refractivity contribution in [1.29, 1.82) is 0 Å². The summed E-state index contributed by atoms with van der Waals surface area (Å²) in [7, 11) is 0. The number of para-hydroxylation sites is 2. The Labute approximate surface area is 172 Å². The Balaban J connectivity index is 1.66. The lowest BCUT2D eigenvalue weighted by Crippen LogP contribution is -2.21. The van der Waals surface area contributed by atoms with Gasteiger partial charge in [-0.1, -0.05) is 24.3 Å². The van der Waals surface area contributed by atoms with E-state index in [4.69, 9.17) is 15.5 Å². The standard InChI is InChI=1S/C22H20N6O2/c23-20(29)15-5-3-4-14(10-15)17-12-25-22(30-16-8-9-24-11-16)27-21(17)28-13-26-18-6-1-2-7-19(18)28/h1-7,10,12-13,16,24H,8-9,11H2,(H2,23,29). The number of carbonyl (C=O) groups is 1. The van der Waals surface area contributed by atoms with Crippen molar-refractivity contribution in [3.63, 3.8) is 0 Å². The minimum atomic E-state index is -0.485. The van der Waals surface area contributed by atoms with Gasteiger partial charge in [-0.3, -0.25) is 9.36 Å². The van der Waals surface area contributed by atoms with Crippen molar-refractivity contribution in [3.05, 3.63) is 66.6 Å². The van der Waals surface area contributed by atoms with Gasteiger partial charge >= 0.3 is 6.01 Å². The Hall–Kier alpha value is -3.78. The monoisotopic (exact) mass is 400 g/mol. The molecule has 1 aliphatic rings. The van der Waals surface area contributed by atoms with E-state index < -0.39 is 5.91 Å². The van der Waals surface area contributed by atoms with E-state index in [1.807, 2.05) is 34.9 Å². The van der Waals surface area contributed by atoms with E-state index in [1.165, 1.54) is 0 Å². The van der Waals surface area contributed by atoms with E-state index in [9.17, 15) is 4.79 Å². The molecular weight excluding hydrogens is 380 g/mol. The van der Waals surface area contributed by atoms with Crippen molar-refractivity contribution < 1.29 is 9.53 Å². The number of fused-ring (bicyclic) bond motifs is 1. The summed E-state index contributed by atoms with van der Waals surface area (Å²) in [6.45, 7) is 1.69. The maximum atomic E-state index is 11.7. The van der Waals surface area contributed by atoms with Crippen molar-refractivity contribution >= 4 is 16.9 Å². The van der Waals surface area contributed by atoms with Crippen molar-refractivity contribution in [2.24, 2.45) is 5.73 Å². The normalized spacial score (nSPS) is 16.1. The number of nitrogens with zero attached hydrogens (tertiary/aromatic N) is 4. The first-order valence-electron chi connectivity index (χ1n) is 9.76. The number of aromatic nitrogens is 4. The zero-order chi connectivity index (χ0) is 20.5. The van der Waals surface area contributed by atoms with Gasteiger partial charge in [0.1, 0.15) is 12.4 Å². The topological polar surface area (TPSA) is 108 Å². The number of nitrogens with one attached hydrogen (secondary N) is 1. The Bertz CT molecular complexity index is 1230. The molecule has 8 heteroatoms. The van der Waals surface area contributed by atoms with E-state index in [2.05, 4.69) is 15.3 Å². The van der Waals surface area contributed by atoms with Crippen LogP contribution in [0.15, 0.2) is 61.1 Å². The Morgan fingerprint density at radius 1 is 1.17 bits per heavy atom. The van der Waals surface area contributed by atoms with Gasteiger partial charge in [-0.05, 0) is 42.8 Å². The van der Waals surface area contributed by atoms with E-state index in [-0.39, 0.29) is 6.10 Å². The number of carbonyl (C=O) groups excluding carboxylic acids is 1. The zero-order valence-corrected chi connectivity index (χ0v) is 16.2. The minimum Gasteiger partial charge on any atom is -0.459 e. The van der Waals surface area contributed by atoms with Gasteiger partial charge in [0.05, 0.1) is 11.0 Å². The lowest BCUT2D eigenvalue weighted by molar-refractivity contribution is 0.100. The van der Waals surface area contributed by atoms with Gasteiger partial charge in [0.15, 0.2) is 5.82 Å². The first-order valence-corrected chi connectivity index (χ1v) is 9.76. The summed E-state index contributed by atoms with van der Waals surface area (Å²) in [5.74, 6) is 0.141. The summed E-state index contributed by atoms with van der Waals surface area (Å²) in [5, 5.41) is 3.27. The summed E-state index contributed by atoms with van der Waals surface area (Å²) >= 11 is 0. The molecule has 0 bridgehead atoms. The smallest absolute Gasteiger partial charge is 0.318 e. The van der Waals surface area contributed by atoms with Crippen LogP contribution in [0.2, 0.25) is 0 Å². The molecule has 0 saturated carbocycles. The molecule has 1 amide bonds. The van der Waals surface area contributed by atoms with Crippen LogP contribution < -0.4 is 15.8 Å². The molecule has 5 rings (SSSR count). The number of ether oxygens (including phenoxy) is 1. The van der Waals surface area contributed by atoms with Crippen LogP contribution in [-0.2, 0) is 0 Å². The number of hydrogen-bond donors (Lipinski definition) is 2. The van der Waals surface area contributed by atoms with Crippen LogP contribution in [-0.4, -0.2) is 44.6 Å². The fraction of sp³-hybridized carbons (Fsp3) is 0.182. The van der Waals surface area contributed by atoms with Crippen LogP contribution in [0.5, 0.6) is 6.01 Å². The summed E-state index contributed by atoms with van der Waals surface area (Å²) in [5.41, 5.74) is 9.20. The molecule has 30 heavy (non-hydrogen) atoms. The van der Waals surface area contributed by atoms with Gasteiger partial charge in [-0.15, -0.1) is 0 Å². The number of amides is 1. The highest BCUT2D eigenvalue weighted by molar-refractivity contribution is 5.94. The molecule has 8 nitrogen and oxygen atoms in total. The lowest BCUT2D eigenvalue weighted by atomic mass is 10.0. The van der Waals surface area contributed by atoms with Crippen LogP contribution in [0, 0.1) is 0 Å². The minimum absolute atomic E-state index is 0.0430. The molecular formula is C22H20N6O2. The van der Waals surface area contributed by atoms with Crippen molar-refractivity contribution in [2.75, 3.05) is 13.1 Å². The van der Waals surface area contributed by atoms with Crippen molar-refractivity contribution in [1.82, 2.24) is 24.8 Å². The van der Waals surface area contributed by atoms with Crippen LogP contribution in [0.1, 0.15) is 16.8 Å². The second-order valence-corrected chi connectivity index (χ2v) is 7.17. The number of nitrogens with two attached hydrogens (primary N) is 1. The van der Waals surface area contributed by atoms with Crippen LogP contribution in [0.3, 0.4) is 0 Å². The first-order chi connectivity index (χ1) is 14.7. The predicted molar refractivity (Wildman–Crippen MR) is 113 cm³/mol. The van der Waals surface area contributed by atoms with Gasteiger partial charge < -0.3 is 15.8 Å². The highest BCUT2D eigenvalue weighted by Gasteiger charge is 2.20. The molecule has 2 aromatic heterocycles. The quantitative estimate of drug-likeness (QED) is 0.532. The zero-order valence-electron chi connectivity index (χ0n) is 16.2. The summed E-state index contributed by atoms with van der Waals surface area (Å²) in [6.07, 6.45) is 4.40. The van der Waals surface area contributed by atoms with E-state index in [0.717, 1.165) is 41.7 Å². The molecule has 3 heterocycles. The van der Waals surface area contributed by atoms with Gasteiger partial charge in [0, 0.05) is 23.9 Å². The molecule has 0 spiro atoms. The highest BCUT2D eigenvalue weighted by Crippen LogP contribution is 2.29. The van der Waals surface area contributed by atoms with Crippen molar-refractivity contribution in [2.45, 2.75) is 12.5 Å². The largest absolute Gasteiger partial charge is 0.459 e. The fourth-order valence-corrected chi connectivity index (χ4v) is 3.65. The Morgan fingerprint density at radius 3 is 2.90 bits per heavy atom. The lowest BCUT2D eigenvalue weighted by Gasteiger charge is -2.15. The summed E-state index contributed by atoms with van der Waals surface area (Å²) in [4.78, 5) is 25.3. The van der Waals surface area contributed by atoms with Crippen LogP contribution in [0.25, 0.3) is 28.0 Å². The predicted octanol–water partition coefficient (Wildman–Crippen LogP) is 2.32. The van der Waals surface area contributed by atoms with E-state index >= 15 is 0 Å². The summed E-state index contributed by atoms with van der Waals surface area (Å²) in [6, 6.07) is 15.3. The third-order valence-corrected chi connectivity index (χ3v) is 5.17. The third-order valence-electron chi connectivity index (χ3n) is 5.17. The number of benzene rings is 2. The van der Waals surface area contributed by atoms with Crippen LogP contribution in [0.4, 0.5) is 0 Å². The van der Waals surface area contributed by atoms with E-state index in [0.29, 0.717) is 17.4 Å². The Morgan fingerprint density at radius 2 is 2.07 bits per heavy atom. The van der Waals surface area contributed by atoms with Gasteiger partial charge in [0.2, 0.25) is 5.91 Å². The second-order valence-electron chi connectivity index (χ2n) is 7.17. The molecule has 1 atom stereocenters. The molecule has 1 aliphatic heterocycles. The van der Waals surface area contributed by atoms with Gasteiger partial charge in [-0.2, -0.15) is 4.98 Å². The molecule has 3 N–H and O–H groups in total. The van der Waals surface area contributed by atoms with Crippen LogP contribution >= 0.6 is 0 Å². The van der Waals surface area contributed by atoms with Gasteiger partial charge in [0.25, 0.3) is 0 Å². The third kappa shape index (κ3) is 3.37. The average molecular weight is 400 g/mol. The SMILES string of the molecule is NC(=O)c1cccc(-c2cnc(OC3CCNC3)nc2-n2cnc3ccccc32)c1. The molecule has 150 valence electrons. The molecule has 0 radical (unpaired) electrons. The average Bonchev–Trinajstić information content (AvgIpc) is 3.43. The number of imidazole rings is 1.